The smallest absolute Gasteiger partial charge is 0.326 e. The van der Waals surface area contributed by atoms with Crippen molar-refractivity contribution >= 4 is 35.1 Å². The van der Waals surface area contributed by atoms with Gasteiger partial charge >= 0.3 is 11.4 Å². The zero-order valence-electron chi connectivity index (χ0n) is 23.0. The number of aromatic nitrogens is 4. The lowest BCUT2D eigenvalue weighted by Gasteiger charge is -2.08. The molecule has 0 bridgehead atoms. The number of aryl methyl sites for hydroxylation is 4. The molecule has 0 aliphatic carbocycles. The molecule has 0 radical (unpaired) electrons. The lowest BCUT2D eigenvalue weighted by molar-refractivity contribution is -0.117. The first-order valence-electron chi connectivity index (χ1n) is 13.0. The van der Waals surface area contributed by atoms with Gasteiger partial charge in [-0.15, -0.1) is 0 Å². The van der Waals surface area contributed by atoms with Crippen LogP contribution in [-0.4, -0.2) is 37.1 Å². The van der Waals surface area contributed by atoms with Crippen molar-refractivity contribution in [3.63, 3.8) is 0 Å². The lowest BCUT2D eigenvalue weighted by Crippen LogP contribution is -2.31. The Kier molecular flexibility index (Phi) is 9.22. The maximum absolute atomic E-state index is 12.3. The second-order valence-corrected chi connectivity index (χ2v) is 9.55. The summed E-state index contributed by atoms with van der Waals surface area (Å²) in [6.07, 6.45) is 4.62. The van der Waals surface area contributed by atoms with Gasteiger partial charge in [-0.1, -0.05) is 12.1 Å². The number of aliphatic imine (C=N–C) groups is 1. The molecule has 0 unspecified atom stereocenters. The van der Waals surface area contributed by atoms with Crippen LogP contribution >= 0.6 is 0 Å². The summed E-state index contributed by atoms with van der Waals surface area (Å²) in [6.45, 7) is 3.43. The predicted octanol–water partition coefficient (Wildman–Crippen LogP) is 1.81. The monoisotopic (exact) mass is 571 g/mol. The summed E-state index contributed by atoms with van der Waals surface area (Å²) in [7, 11) is 0. The summed E-state index contributed by atoms with van der Waals surface area (Å²) in [5.41, 5.74) is 1.38. The number of nitrogens with zero attached hydrogens (tertiary/aromatic N) is 3. The van der Waals surface area contributed by atoms with E-state index in [1.807, 2.05) is 0 Å². The van der Waals surface area contributed by atoms with Crippen molar-refractivity contribution in [1.82, 2.24) is 19.1 Å². The first-order valence-corrected chi connectivity index (χ1v) is 13.0. The maximum Gasteiger partial charge on any atom is 0.328 e. The van der Waals surface area contributed by atoms with Gasteiger partial charge in [0.15, 0.2) is 0 Å². The van der Waals surface area contributed by atoms with Crippen LogP contribution in [0.25, 0.3) is 0 Å². The molecule has 4 rings (SSSR count). The number of hydrogen-bond donors (Lipinski definition) is 4. The summed E-state index contributed by atoms with van der Waals surface area (Å²) in [4.78, 5) is 80.1. The van der Waals surface area contributed by atoms with Crippen molar-refractivity contribution in [3.8, 4) is 0 Å². The molecule has 0 fully saturated rings. The normalized spacial score (nSPS) is 11.0. The number of amides is 2. The molecule has 0 saturated heterocycles. The van der Waals surface area contributed by atoms with Crippen molar-refractivity contribution in [2.45, 2.75) is 39.8 Å². The minimum Gasteiger partial charge on any atom is -0.326 e. The Morgan fingerprint density at radius 2 is 1.14 bits per heavy atom. The predicted molar refractivity (Wildman–Crippen MR) is 159 cm³/mol. The molecule has 0 aliphatic rings. The highest BCUT2D eigenvalue weighted by molar-refractivity contribution is 5.92. The molecular weight excluding hydrogens is 542 g/mol. The Morgan fingerprint density at radius 3 is 1.60 bits per heavy atom. The molecule has 0 saturated carbocycles. The van der Waals surface area contributed by atoms with Gasteiger partial charge in [0.1, 0.15) is 0 Å². The van der Waals surface area contributed by atoms with Crippen LogP contribution < -0.4 is 33.1 Å². The zero-order chi connectivity index (χ0) is 30.2. The Bertz CT molecular complexity index is 1730. The number of anilines is 2. The van der Waals surface area contributed by atoms with Crippen molar-refractivity contribution < 1.29 is 9.59 Å². The summed E-state index contributed by atoms with van der Waals surface area (Å²) in [6, 6.07) is 14.0. The Labute approximate surface area is 238 Å². The van der Waals surface area contributed by atoms with Gasteiger partial charge in [-0.2, -0.15) is 0 Å². The molecule has 4 aromatic rings. The molecule has 13 nitrogen and oxygen atoms in total. The van der Waals surface area contributed by atoms with E-state index in [9.17, 15) is 28.8 Å². The van der Waals surface area contributed by atoms with Crippen LogP contribution in [-0.2, 0) is 22.7 Å². The van der Waals surface area contributed by atoms with Crippen molar-refractivity contribution in [2.24, 2.45) is 4.99 Å². The van der Waals surface area contributed by atoms with E-state index >= 15 is 0 Å². The van der Waals surface area contributed by atoms with Gasteiger partial charge in [-0.3, -0.25) is 43.3 Å². The second kappa shape index (κ2) is 13.2. The quantitative estimate of drug-likeness (QED) is 0.211. The van der Waals surface area contributed by atoms with E-state index in [2.05, 4.69) is 25.6 Å². The van der Waals surface area contributed by atoms with Gasteiger partial charge in [0, 0.05) is 67.0 Å². The summed E-state index contributed by atoms with van der Waals surface area (Å²) in [5, 5.41) is 5.53. The Balaban J connectivity index is 1.25. The Morgan fingerprint density at radius 1 is 0.714 bits per heavy atom. The first-order chi connectivity index (χ1) is 20.1. The van der Waals surface area contributed by atoms with E-state index in [1.165, 1.54) is 21.5 Å². The minimum atomic E-state index is -0.562. The summed E-state index contributed by atoms with van der Waals surface area (Å²) < 4.78 is 2.58. The standard InChI is InChI=1S/C29H29N7O6/c1-18-16-35(28(41)33-26(18)39)13-11-24(37)31-22-5-3-20(4-6-22)15-30-21-7-9-23(10-8-21)32-25(38)12-14-36-17-19(2)27(40)34-29(36)42/h3-10,15-17H,11-14H2,1-2H3,(H,31,37)(H,32,38)(H,33,39,41)(H,34,40,42). The maximum atomic E-state index is 12.3. The van der Waals surface area contributed by atoms with Gasteiger partial charge in [0.25, 0.3) is 11.1 Å². The highest BCUT2D eigenvalue weighted by atomic mass is 16.2. The highest BCUT2D eigenvalue weighted by Crippen LogP contribution is 2.17. The highest BCUT2D eigenvalue weighted by Gasteiger charge is 2.07. The number of nitrogens with one attached hydrogen (secondary N) is 4. The van der Waals surface area contributed by atoms with Crippen LogP contribution in [0.1, 0.15) is 29.5 Å². The van der Waals surface area contributed by atoms with Gasteiger partial charge in [-0.25, -0.2) is 9.59 Å². The largest absolute Gasteiger partial charge is 0.328 e. The summed E-state index contributed by atoms with van der Waals surface area (Å²) >= 11 is 0. The van der Waals surface area contributed by atoms with Gasteiger partial charge < -0.3 is 10.6 Å². The van der Waals surface area contributed by atoms with Crippen LogP contribution in [0, 0.1) is 13.8 Å². The third-order valence-corrected chi connectivity index (χ3v) is 6.25. The van der Waals surface area contributed by atoms with Crippen molar-refractivity contribution in [1.29, 1.82) is 0 Å². The number of carbonyl (C=O) groups excluding carboxylic acids is 2. The third-order valence-electron chi connectivity index (χ3n) is 6.25. The number of hydrogen-bond acceptors (Lipinski definition) is 7. The fourth-order valence-electron chi connectivity index (χ4n) is 3.89. The van der Waals surface area contributed by atoms with Crippen molar-refractivity contribution in [3.05, 3.63) is 119 Å². The Hall–Kier alpha value is -5.59. The van der Waals surface area contributed by atoms with Gasteiger partial charge in [0.05, 0.1) is 5.69 Å². The number of H-pyrrole nitrogens is 2. The van der Waals surface area contributed by atoms with Crippen LogP contribution in [0.2, 0.25) is 0 Å². The molecular formula is C29H29N7O6. The zero-order valence-corrected chi connectivity index (χ0v) is 23.0. The van der Waals surface area contributed by atoms with Crippen LogP contribution in [0.4, 0.5) is 17.1 Å². The van der Waals surface area contributed by atoms with E-state index in [4.69, 9.17) is 0 Å². The van der Waals surface area contributed by atoms with E-state index in [-0.39, 0.29) is 37.7 Å². The van der Waals surface area contributed by atoms with E-state index < -0.39 is 22.5 Å². The molecule has 13 heteroatoms. The number of benzene rings is 2. The number of rotatable bonds is 10. The fourth-order valence-corrected chi connectivity index (χ4v) is 3.89. The number of aromatic amines is 2. The van der Waals surface area contributed by atoms with E-state index in [1.54, 1.807) is 68.6 Å². The molecule has 0 aliphatic heterocycles. The summed E-state index contributed by atoms with van der Waals surface area (Å²) in [5.74, 6) is -0.561. The fraction of sp³-hybridized carbons (Fsp3) is 0.207. The molecule has 2 aromatic carbocycles. The average molecular weight is 572 g/mol. The molecule has 0 atom stereocenters. The molecule has 2 heterocycles. The van der Waals surface area contributed by atoms with Gasteiger partial charge in [0.2, 0.25) is 11.8 Å². The van der Waals surface area contributed by atoms with Crippen LogP contribution in [0.15, 0.2) is 85.1 Å². The third kappa shape index (κ3) is 7.97. The van der Waals surface area contributed by atoms with E-state index in [0.717, 1.165) is 5.56 Å². The first kappa shape index (κ1) is 29.4. The lowest BCUT2D eigenvalue weighted by atomic mass is 10.2. The molecule has 4 N–H and O–H groups in total. The average Bonchev–Trinajstić information content (AvgIpc) is 2.96. The SMILES string of the molecule is Cc1cn(CCC(=O)Nc2ccc(C=Nc3ccc(NC(=O)CCn4cc(C)c(=O)[nH]c4=O)cc3)cc2)c(=O)[nH]c1=O. The topological polar surface area (TPSA) is 180 Å². The molecule has 42 heavy (non-hydrogen) atoms. The molecule has 216 valence electrons. The molecule has 0 spiro atoms. The van der Waals surface area contributed by atoms with Crippen molar-refractivity contribution in [2.75, 3.05) is 10.6 Å². The van der Waals surface area contributed by atoms with Gasteiger partial charge in [-0.05, 0) is 55.8 Å². The molecule has 2 aromatic heterocycles. The second-order valence-electron chi connectivity index (χ2n) is 9.55. The molecule has 2 amide bonds. The van der Waals surface area contributed by atoms with Crippen LogP contribution in [0.3, 0.4) is 0 Å². The number of carbonyl (C=O) groups is 2. The van der Waals surface area contributed by atoms with Crippen LogP contribution in [0.5, 0.6) is 0 Å². The minimum absolute atomic E-state index is 0.0521. The van der Waals surface area contributed by atoms with E-state index in [0.29, 0.717) is 28.2 Å².